The molecule has 1 amide bonds. The topological polar surface area (TPSA) is 68.3 Å². The molecular weight excluding hydrogens is 256 g/mol. The third-order valence-electron chi connectivity index (χ3n) is 2.53. The van der Waals surface area contributed by atoms with Gasteiger partial charge < -0.3 is 10.1 Å². The Kier molecular flexibility index (Phi) is 4.44. The van der Waals surface area contributed by atoms with Gasteiger partial charge in [0.25, 0.3) is 0 Å². The van der Waals surface area contributed by atoms with Crippen LogP contribution in [0.4, 0.5) is 5.69 Å². The molecular formula is C15H14N2O3. The number of benzene rings is 1. The molecule has 0 saturated carbocycles. The number of rotatable bonds is 4. The number of anilines is 1. The van der Waals surface area contributed by atoms with Gasteiger partial charge in [0.2, 0.25) is 5.91 Å². The minimum atomic E-state index is -0.414. The highest BCUT2D eigenvalue weighted by atomic mass is 16.5. The first kappa shape index (κ1) is 13.7. The normalized spacial score (nSPS) is 9.85. The first-order valence-corrected chi connectivity index (χ1v) is 6.09. The predicted molar refractivity (Wildman–Crippen MR) is 74.1 cm³/mol. The molecule has 0 spiro atoms. The van der Waals surface area contributed by atoms with Crippen LogP contribution in [0.1, 0.15) is 22.8 Å². The van der Waals surface area contributed by atoms with Crippen molar-refractivity contribution in [2.45, 2.75) is 13.5 Å². The molecule has 0 saturated heterocycles. The summed E-state index contributed by atoms with van der Waals surface area (Å²) in [6.45, 7) is 1.61. The molecule has 0 aliphatic carbocycles. The summed E-state index contributed by atoms with van der Waals surface area (Å²) < 4.78 is 5.17. The van der Waals surface area contributed by atoms with E-state index in [4.69, 9.17) is 4.74 Å². The maximum absolute atomic E-state index is 11.8. The second-order valence-electron chi connectivity index (χ2n) is 4.20. The Bertz CT molecular complexity index is 594. The summed E-state index contributed by atoms with van der Waals surface area (Å²) in [6, 6.07) is 10.1. The Morgan fingerprint density at radius 3 is 2.55 bits per heavy atom. The van der Waals surface area contributed by atoms with E-state index in [0.717, 1.165) is 5.56 Å². The van der Waals surface area contributed by atoms with Gasteiger partial charge in [0.05, 0.1) is 5.56 Å². The standard InChI is InChI=1S/C15H14N2O3/c1-11(18)17-14-6-4-13(5-7-14)15(19)20-10-12-3-2-8-16-9-12/h2-9H,10H2,1H3,(H,17,18). The summed E-state index contributed by atoms with van der Waals surface area (Å²) in [5.74, 6) is -0.569. The van der Waals surface area contributed by atoms with Gasteiger partial charge in [-0.05, 0) is 30.3 Å². The molecule has 1 aromatic heterocycles. The van der Waals surface area contributed by atoms with Gasteiger partial charge in [-0.2, -0.15) is 0 Å². The second-order valence-corrected chi connectivity index (χ2v) is 4.20. The van der Waals surface area contributed by atoms with Crippen molar-refractivity contribution in [1.29, 1.82) is 0 Å². The number of ether oxygens (including phenoxy) is 1. The van der Waals surface area contributed by atoms with E-state index in [-0.39, 0.29) is 12.5 Å². The molecule has 1 N–H and O–H groups in total. The van der Waals surface area contributed by atoms with Crippen LogP contribution in [0.15, 0.2) is 48.8 Å². The number of nitrogens with zero attached hydrogens (tertiary/aromatic N) is 1. The maximum Gasteiger partial charge on any atom is 0.338 e. The van der Waals surface area contributed by atoms with Crippen LogP contribution in [0.5, 0.6) is 0 Å². The predicted octanol–water partition coefficient (Wildman–Crippen LogP) is 2.40. The van der Waals surface area contributed by atoms with Crippen LogP contribution in [0, 0.1) is 0 Å². The molecule has 20 heavy (non-hydrogen) atoms. The van der Waals surface area contributed by atoms with Gasteiger partial charge in [0, 0.05) is 30.6 Å². The monoisotopic (exact) mass is 270 g/mol. The van der Waals surface area contributed by atoms with E-state index < -0.39 is 5.97 Å². The van der Waals surface area contributed by atoms with Gasteiger partial charge in [0.1, 0.15) is 6.61 Å². The van der Waals surface area contributed by atoms with Crippen molar-refractivity contribution >= 4 is 17.6 Å². The molecule has 102 valence electrons. The van der Waals surface area contributed by atoms with Gasteiger partial charge in [-0.3, -0.25) is 9.78 Å². The lowest BCUT2D eigenvalue weighted by Gasteiger charge is -2.06. The van der Waals surface area contributed by atoms with Gasteiger partial charge in [-0.15, -0.1) is 0 Å². The van der Waals surface area contributed by atoms with Crippen LogP contribution in [0.3, 0.4) is 0 Å². The van der Waals surface area contributed by atoms with E-state index >= 15 is 0 Å². The van der Waals surface area contributed by atoms with Crippen molar-refractivity contribution in [3.63, 3.8) is 0 Å². The summed E-state index contributed by atoms with van der Waals surface area (Å²) in [5, 5.41) is 2.63. The molecule has 2 rings (SSSR count). The molecule has 0 atom stereocenters. The van der Waals surface area contributed by atoms with Gasteiger partial charge in [-0.25, -0.2) is 4.79 Å². The van der Waals surface area contributed by atoms with E-state index in [1.165, 1.54) is 6.92 Å². The lowest BCUT2D eigenvalue weighted by molar-refractivity contribution is -0.114. The third-order valence-corrected chi connectivity index (χ3v) is 2.53. The fraction of sp³-hybridized carbons (Fsp3) is 0.133. The summed E-state index contributed by atoms with van der Waals surface area (Å²) in [4.78, 5) is 26.6. The molecule has 1 aromatic carbocycles. The number of nitrogens with one attached hydrogen (secondary N) is 1. The highest BCUT2D eigenvalue weighted by molar-refractivity contribution is 5.92. The minimum absolute atomic E-state index is 0.156. The highest BCUT2D eigenvalue weighted by Gasteiger charge is 2.07. The zero-order valence-corrected chi connectivity index (χ0v) is 11.0. The summed E-state index contributed by atoms with van der Waals surface area (Å²) in [5.41, 5.74) is 1.90. The molecule has 5 heteroatoms. The van der Waals surface area contributed by atoms with E-state index in [1.54, 1.807) is 42.7 Å². The second kappa shape index (κ2) is 6.47. The fourth-order valence-electron chi connectivity index (χ4n) is 1.61. The smallest absolute Gasteiger partial charge is 0.338 e. The molecule has 2 aromatic rings. The lowest BCUT2D eigenvalue weighted by atomic mass is 10.2. The molecule has 0 radical (unpaired) electrons. The van der Waals surface area contributed by atoms with Crippen LogP contribution in [0.2, 0.25) is 0 Å². The van der Waals surface area contributed by atoms with Crippen LogP contribution < -0.4 is 5.32 Å². The molecule has 0 bridgehead atoms. The average molecular weight is 270 g/mol. The van der Waals surface area contributed by atoms with Crippen molar-refractivity contribution in [2.75, 3.05) is 5.32 Å². The Labute approximate surface area is 116 Å². The Morgan fingerprint density at radius 2 is 1.95 bits per heavy atom. The van der Waals surface area contributed by atoms with Crippen LogP contribution in [-0.2, 0) is 16.1 Å². The zero-order valence-electron chi connectivity index (χ0n) is 11.0. The van der Waals surface area contributed by atoms with Gasteiger partial charge >= 0.3 is 5.97 Å². The van der Waals surface area contributed by atoms with Crippen molar-refractivity contribution in [3.8, 4) is 0 Å². The average Bonchev–Trinajstić information content (AvgIpc) is 2.46. The largest absolute Gasteiger partial charge is 0.457 e. The van der Waals surface area contributed by atoms with Crippen LogP contribution in [-0.4, -0.2) is 16.9 Å². The van der Waals surface area contributed by atoms with Crippen molar-refractivity contribution in [1.82, 2.24) is 4.98 Å². The Morgan fingerprint density at radius 1 is 1.20 bits per heavy atom. The van der Waals surface area contributed by atoms with E-state index in [0.29, 0.717) is 11.3 Å². The molecule has 0 aliphatic rings. The number of amides is 1. The molecule has 5 nitrogen and oxygen atoms in total. The number of carbonyl (C=O) groups excluding carboxylic acids is 2. The molecule has 0 fully saturated rings. The van der Waals surface area contributed by atoms with Crippen molar-refractivity contribution < 1.29 is 14.3 Å². The number of hydrogen-bond acceptors (Lipinski definition) is 4. The minimum Gasteiger partial charge on any atom is -0.457 e. The SMILES string of the molecule is CC(=O)Nc1ccc(C(=O)OCc2cccnc2)cc1. The summed E-state index contributed by atoms with van der Waals surface area (Å²) in [6.07, 6.45) is 3.30. The summed E-state index contributed by atoms with van der Waals surface area (Å²) in [7, 11) is 0. The van der Waals surface area contributed by atoms with Gasteiger partial charge in [0.15, 0.2) is 0 Å². The highest BCUT2D eigenvalue weighted by Crippen LogP contribution is 2.11. The van der Waals surface area contributed by atoms with E-state index in [9.17, 15) is 9.59 Å². The number of aromatic nitrogens is 1. The Hall–Kier alpha value is -2.69. The van der Waals surface area contributed by atoms with Crippen LogP contribution >= 0.6 is 0 Å². The zero-order chi connectivity index (χ0) is 14.4. The van der Waals surface area contributed by atoms with Gasteiger partial charge in [-0.1, -0.05) is 6.07 Å². The third kappa shape index (κ3) is 3.91. The number of hydrogen-bond donors (Lipinski definition) is 1. The Balaban J connectivity index is 1.94. The molecule has 1 heterocycles. The quantitative estimate of drug-likeness (QED) is 0.866. The van der Waals surface area contributed by atoms with E-state index in [1.807, 2.05) is 6.07 Å². The maximum atomic E-state index is 11.8. The number of pyridine rings is 1. The first-order chi connectivity index (χ1) is 9.65. The molecule has 0 aliphatic heterocycles. The van der Waals surface area contributed by atoms with Crippen LogP contribution in [0.25, 0.3) is 0 Å². The fourth-order valence-corrected chi connectivity index (χ4v) is 1.61. The lowest BCUT2D eigenvalue weighted by Crippen LogP contribution is -2.07. The number of carbonyl (C=O) groups is 2. The molecule has 0 unspecified atom stereocenters. The summed E-state index contributed by atoms with van der Waals surface area (Å²) >= 11 is 0. The van der Waals surface area contributed by atoms with E-state index in [2.05, 4.69) is 10.3 Å². The number of esters is 1. The van der Waals surface area contributed by atoms with Crippen molar-refractivity contribution in [2.24, 2.45) is 0 Å². The van der Waals surface area contributed by atoms with Crippen molar-refractivity contribution in [3.05, 3.63) is 59.9 Å². The first-order valence-electron chi connectivity index (χ1n) is 6.09.